The van der Waals surface area contributed by atoms with E-state index in [0.29, 0.717) is 11.3 Å². The SMILES string of the molecule is CC(C)(C)c1ncc2c(n1)CC1CCC2N1C(=O)c1ccc(OCC(=O)O)cc1. The maximum Gasteiger partial charge on any atom is 0.341 e. The van der Waals surface area contributed by atoms with Gasteiger partial charge in [-0.1, -0.05) is 20.8 Å². The molecule has 2 aromatic rings. The molecule has 2 bridgehead atoms. The third kappa shape index (κ3) is 3.69. The minimum Gasteiger partial charge on any atom is -0.482 e. The van der Waals surface area contributed by atoms with Crippen molar-refractivity contribution in [2.75, 3.05) is 6.61 Å². The van der Waals surface area contributed by atoms with Crippen LogP contribution in [0.1, 0.15) is 67.1 Å². The average molecular weight is 395 g/mol. The van der Waals surface area contributed by atoms with Gasteiger partial charge in [0.1, 0.15) is 11.6 Å². The molecular formula is C22H25N3O4. The predicted molar refractivity (Wildman–Crippen MR) is 106 cm³/mol. The standard InChI is InChI=1S/C22H25N3O4/c1-22(2,3)21-23-11-16-17(24-21)10-14-6-9-18(16)25(14)20(28)13-4-7-15(8-5-13)29-12-19(26)27/h4-5,7-8,11,14,18H,6,9-10,12H2,1-3H3,(H,26,27). The van der Waals surface area contributed by atoms with Crippen LogP contribution >= 0.6 is 0 Å². The normalized spacial score (nSPS) is 20.3. The topological polar surface area (TPSA) is 92.6 Å². The van der Waals surface area contributed by atoms with Crippen LogP contribution in [0.5, 0.6) is 5.75 Å². The Bertz CT molecular complexity index is 950. The van der Waals surface area contributed by atoms with Gasteiger partial charge in [0.15, 0.2) is 6.61 Å². The lowest BCUT2D eigenvalue weighted by Gasteiger charge is -2.36. The van der Waals surface area contributed by atoms with Crippen LogP contribution in [0.2, 0.25) is 0 Å². The van der Waals surface area contributed by atoms with E-state index in [0.717, 1.165) is 36.3 Å². The van der Waals surface area contributed by atoms with Crippen molar-refractivity contribution in [2.45, 2.75) is 57.5 Å². The molecule has 1 amide bonds. The van der Waals surface area contributed by atoms with Crippen molar-refractivity contribution < 1.29 is 19.4 Å². The molecule has 2 unspecified atom stereocenters. The fourth-order valence-corrected chi connectivity index (χ4v) is 4.14. The average Bonchev–Trinajstić information content (AvgIpc) is 2.99. The fraction of sp³-hybridized carbons (Fsp3) is 0.455. The van der Waals surface area contributed by atoms with Gasteiger partial charge in [-0.3, -0.25) is 4.79 Å². The molecule has 2 aliphatic rings. The highest BCUT2D eigenvalue weighted by molar-refractivity contribution is 5.95. The minimum absolute atomic E-state index is 0.00760. The quantitative estimate of drug-likeness (QED) is 0.855. The molecular weight excluding hydrogens is 370 g/mol. The van der Waals surface area contributed by atoms with Crippen LogP contribution in [-0.4, -0.2) is 44.5 Å². The van der Waals surface area contributed by atoms with Crippen LogP contribution in [0.15, 0.2) is 30.5 Å². The van der Waals surface area contributed by atoms with Crippen LogP contribution in [0, 0.1) is 0 Å². The number of amides is 1. The zero-order chi connectivity index (χ0) is 20.8. The molecule has 1 aromatic heterocycles. The van der Waals surface area contributed by atoms with Gasteiger partial charge in [0.25, 0.3) is 5.91 Å². The van der Waals surface area contributed by atoms with Gasteiger partial charge in [-0.05, 0) is 37.1 Å². The van der Waals surface area contributed by atoms with Gasteiger partial charge >= 0.3 is 5.97 Å². The second-order valence-corrected chi connectivity index (χ2v) is 8.72. The molecule has 2 atom stereocenters. The smallest absolute Gasteiger partial charge is 0.341 e. The molecule has 7 nitrogen and oxygen atoms in total. The van der Waals surface area contributed by atoms with E-state index in [2.05, 4.69) is 25.8 Å². The predicted octanol–water partition coefficient (Wildman–Crippen LogP) is 3.14. The van der Waals surface area contributed by atoms with Crippen LogP contribution < -0.4 is 4.74 Å². The summed E-state index contributed by atoms with van der Waals surface area (Å²) < 4.78 is 5.15. The van der Waals surface area contributed by atoms with Gasteiger partial charge in [-0.15, -0.1) is 0 Å². The Balaban J connectivity index is 1.56. The zero-order valence-electron chi connectivity index (χ0n) is 16.9. The van der Waals surface area contributed by atoms with E-state index < -0.39 is 12.6 Å². The molecule has 1 fully saturated rings. The number of carboxylic acids is 1. The molecule has 0 radical (unpaired) electrons. The molecule has 152 valence electrons. The van der Waals surface area contributed by atoms with E-state index in [9.17, 15) is 9.59 Å². The molecule has 7 heteroatoms. The van der Waals surface area contributed by atoms with E-state index in [1.54, 1.807) is 24.3 Å². The van der Waals surface area contributed by atoms with Crippen LogP contribution in [-0.2, 0) is 16.6 Å². The molecule has 1 N–H and O–H groups in total. The summed E-state index contributed by atoms with van der Waals surface area (Å²) in [6, 6.07) is 6.80. The second-order valence-electron chi connectivity index (χ2n) is 8.72. The van der Waals surface area contributed by atoms with Gasteiger partial charge in [0.2, 0.25) is 0 Å². The summed E-state index contributed by atoms with van der Waals surface area (Å²) in [6.45, 7) is 5.90. The number of carboxylic acid groups (broad SMARTS) is 1. The maximum atomic E-state index is 13.2. The Morgan fingerprint density at radius 2 is 1.93 bits per heavy atom. The Morgan fingerprint density at radius 1 is 1.21 bits per heavy atom. The number of benzene rings is 1. The Labute approximate surface area is 169 Å². The first-order chi connectivity index (χ1) is 13.7. The summed E-state index contributed by atoms with van der Waals surface area (Å²) in [5.74, 6) is 0.213. The van der Waals surface area contributed by atoms with E-state index in [1.807, 2.05) is 11.1 Å². The molecule has 0 saturated carbocycles. The summed E-state index contributed by atoms with van der Waals surface area (Å²) in [6.07, 6.45) is 4.53. The fourth-order valence-electron chi connectivity index (χ4n) is 4.14. The van der Waals surface area contributed by atoms with Crippen molar-refractivity contribution in [2.24, 2.45) is 0 Å². The van der Waals surface area contributed by atoms with E-state index in [4.69, 9.17) is 14.8 Å². The first kappa shape index (κ1) is 19.4. The van der Waals surface area contributed by atoms with Crippen molar-refractivity contribution in [3.8, 4) is 5.75 Å². The number of rotatable bonds is 4. The number of aromatic nitrogens is 2. The van der Waals surface area contributed by atoms with E-state index in [-0.39, 0.29) is 23.4 Å². The lowest BCUT2D eigenvalue weighted by molar-refractivity contribution is -0.139. The van der Waals surface area contributed by atoms with Gasteiger partial charge in [0.05, 0.1) is 11.7 Å². The lowest BCUT2D eigenvalue weighted by Crippen LogP contribution is -2.42. The highest BCUT2D eigenvalue weighted by atomic mass is 16.5. The summed E-state index contributed by atoms with van der Waals surface area (Å²) in [5.41, 5.74) is 2.59. The van der Waals surface area contributed by atoms with Crippen LogP contribution in [0.4, 0.5) is 0 Å². The van der Waals surface area contributed by atoms with Gasteiger partial charge < -0.3 is 14.7 Å². The molecule has 29 heavy (non-hydrogen) atoms. The molecule has 1 saturated heterocycles. The number of carbonyl (C=O) groups excluding carboxylic acids is 1. The minimum atomic E-state index is -1.04. The van der Waals surface area contributed by atoms with E-state index >= 15 is 0 Å². The summed E-state index contributed by atoms with van der Waals surface area (Å²) in [7, 11) is 0. The Morgan fingerprint density at radius 3 is 2.59 bits per heavy atom. The van der Waals surface area contributed by atoms with Crippen molar-refractivity contribution in [3.05, 3.63) is 53.1 Å². The van der Waals surface area contributed by atoms with Crippen LogP contribution in [0.25, 0.3) is 0 Å². The third-order valence-electron chi connectivity index (χ3n) is 5.56. The first-order valence-corrected chi connectivity index (χ1v) is 9.87. The van der Waals surface area contributed by atoms with Crippen molar-refractivity contribution in [1.29, 1.82) is 0 Å². The monoisotopic (exact) mass is 395 g/mol. The highest BCUT2D eigenvalue weighted by Crippen LogP contribution is 2.44. The number of aliphatic carboxylic acids is 1. The molecule has 0 aliphatic carbocycles. The van der Waals surface area contributed by atoms with Gasteiger partial charge in [0, 0.05) is 35.2 Å². The molecule has 3 heterocycles. The van der Waals surface area contributed by atoms with E-state index in [1.165, 1.54) is 0 Å². The second kappa shape index (κ2) is 7.13. The lowest BCUT2D eigenvalue weighted by atomic mass is 9.93. The largest absolute Gasteiger partial charge is 0.482 e. The Kier molecular flexibility index (Phi) is 4.76. The molecule has 1 aromatic carbocycles. The summed E-state index contributed by atoms with van der Waals surface area (Å²) in [4.78, 5) is 35.2. The first-order valence-electron chi connectivity index (χ1n) is 9.87. The highest BCUT2D eigenvalue weighted by Gasteiger charge is 2.44. The summed E-state index contributed by atoms with van der Waals surface area (Å²) >= 11 is 0. The third-order valence-corrected chi connectivity index (χ3v) is 5.56. The number of hydrogen-bond donors (Lipinski definition) is 1. The number of ether oxygens (including phenoxy) is 1. The van der Waals surface area contributed by atoms with Crippen molar-refractivity contribution in [3.63, 3.8) is 0 Å². The van der Waals surface area contributed by atoms with Gasteiger partial charge in [-0.25, -0.2) is 14.8 Å². The zero-order valence-corrected chi connectivity index (χ0v) is 16.9. The molecule has 4 rings (SSSR count). The molecule has 2 aliphatic heterocycles. The number of hydrogen-bond acceptors (Lipinski definition) is 5. The number of nitrogens with zero attached hydrogens (tertiary/aromatic N) is 3. The van der Waals surface area contributed by atoms with Crippen molar-refractivity contribution >= 4 is 11.9 Å². The molecule has 0 spiro atoms. The number of carbonyl (C=O) groups is 2. The summed E-state index contributed by atoms with van der Waals surface area (Å²) in [5, 5.41) is 8.70. The van der Waals surface area contributed by atoms with Crippen LogP contribution in [0.3, 0.4) is 0 Å². The Hall–Kier alpha value is -2.96. The van der Waals surface area contributed by atoms with Gasteiger partial charge in [-0.2, -0.15) is 0 Å². The maximum absolute atomic E-state index is 13.2. The number of fused-ring (bicyclic) bond motifs is 4. The van der Waals surface area contributed by atoms with Crippen molar-refractivity contribution in [1.82, 2.24) is 14.9 Å².